The fourth-order valence-electron chi connectivity index (χ4n) is 2.76. The van der Waals surface area contributed by atoms with E-state index in [2.05, 4.69) is 0 Å². The van der Waals surface area contributed by atoms with Gasteiger partial charge in [-0.1, -0.05) is 0 Å². The quantitative estimate of drug-likeness (QED) is 0.734. The molecular formula is C13H21NO6. The molecule has 0 aromatic carbocycles. The Labute approximate surface area is 117 Å². The third kappa shape index (κ3) is 3.28. The van der Waals surface area contributed by atoms with Crippen molar-refractivity contribution in [1.29, 1.82) is 0 Å². The van der Waals surface area contributed by atoms with Crippen molar-refractivity contribution in [2.45, 2.75) is 50.6 Å². The van der Waals surface area contributed by atoms with Crippen molar-refractivity contribution in [3.8, 4) is 0 Å². The van der Waals surface area contributed by atoms with Gasteiger partial charge >= 0.3 is 5.97 Å². The molecule has 2 saturated heterocycles. The Balaban J connectivity index is 2.00. The molecule has 3 unspecified atom stereocenters. The molecule has 7 heteroatoms. The molecule has 2 rings (SSSR count). The van der Waals surface area contributed by atoms with Gasteiger partial charge in [-0.05, 0) is 26.7 Å². The van der Waals surface area contributed by atoms with Crippen LogP contribution in [0.2, 0.25) is 0 Å². The number of aliphatic hydroxyl groups is 1. The van der Waals surface area contributed by atoms with Crippen LogP contribution < -0.4 is 0 Å². The van der Waals surface area contributed by atoms with E-state index in [1.54, 1.807) is 4.90 Å². The second kappa shape index (κ2) is 5.67. The van der Waals surface area contributed by atoms with Crippen LogP contribution in [-0.2, 0) is 19.1 Å². The van der Waals surface area contributed by atoms with Crippen LogP contribution in [0.1, 0.15) is 26.7 Å². The number of rotatable bonds is 3. The third-order valence-electron chi connectivity index (χ3n) is 3.57. The van der Waals surface area contributed by atoms with Crippen molar-refractivity contribution >= 4 is 11.9 Å². The zero-order chi connectivity index (χ0) is 14.9. The Morgan fingerprint density at radius 3 is 2.50 bits per heavy atom. The molecule has 2 aliphatic rings. The lowest BCUT2D eigenvalue weighted by Crippen LogP contribution is -2.57. The summed E-state index contributed by atoms with van der Waals surface area (Å²) in [5.74, 6) is -1.25. The summed E-state index contributed by atoms with van der Waals surface area (Å²) >= 11 is 0. The molecule has 7 nitrogen and oxygen atoms in total. The summed E-state index contributed by atoms with van der Waals surface area (Å²) in [5.41, 5.74) is -0.536. The van der Waals surface area contributed by atoms with Gasteiger partial charge in [-0.25, -0.2) is 4.79 Å². The molecule has 0 saturated carbocycles. The standard InChI is InChI=1S/C13H21NO6/c1-13(2)7-14(5-8(6-15)20-13)11(16)9-3-4-10(19-9)12(17)18/h8-10,15H,3-7H2,1-2H3,(H,17,18). The maximum absolute atomic E-state index is 12.4. The first-order chi connectivity index (χ1) is 9.32. The molecule has 0 radical (unpaired) electrons. The zero-order valence-corrected chi connectivity index (χ0v) is 11.7. The van der Waals surface area contributed by atoms with Gasteiger partial charge in [-0.15, -0.1) is 0 Å². The smallest absolute Gasteiger partial charge is 0.332 e. The summed E-state index contributed by atoms with van der Waals surface area (Å²) in [5, 5.41) is 18.1. The Bertz CT molecular complexity index is 396. The Hall–Kier alpha value is -1.18. The van der Waals surface area contributed by atoms with Crippen LogP contribution in [0.3, 0.4) is 0 Å². The number of carbonyl (C=O) groups excluding carboxylic acids is 1. The SMILES string of the molecule is CC1(C)CN(C(=O)C2CCC(C(=O)O)O2)CC(CO)O1. The largest absolute Gasteiger partial charge is 0.479 e. The van der Waals surface area contributed by atoms with Crippen molar-refractivity contribution in [3.63, 3.8) is 0 Å². The fraction of sp³-hybridized carbons (Fsp3) is 0.846. The Kier molecular flexibility index (Phi) is 4.31. The van der Waals surface area contributed by atoms with Crippen LogP contribution >= 0.6 is 0 Å². The predicted octanol–water partition coefficient (Wildman–Crippen LogP) is -0.383. The molecule has 0 bridgehead atoms. The topological polar surface area (TPSA) is 96.3 Å². The monoisotopic (exact) mass is 287 g/mol. The van der Waals surface area contributed by atoms with E-state index in [0.29, 0.717) is 25.9 Å². The van der Waals surface area contributed by atoms with E-state index in [1.807, 2.05) is 13.8 Å². The summed E-state index contributed by atoms with van der Waals surface area (Å²) < 4.78 is 10.9. The summed E-state index contributed by atoms with van der Waals surface area (Å²) in [6.45, 7) is 4.25. The maximum atomic E-state index is 12.4. The van der Waals surface area contributed by atoms with Gasteiger partial charge in [0.1, 0.15) is 6.10 Å². The molecule has 1 amide bonds. The van der Waals surface area contributed by atoms with Crippen molar-refractivity contribution < 1.29 is 29.3 Å². The van der Waals surface area contributed by atoms with Crippen LogP contribution in [0.25, 0.3) is 0 Å². The minimum absolute atomic E-state index is 0.156. The summed E-state index contributed by atoms with van der Waals surface area (Å²) in [7, 11) is 0. The molecule has 2 aliphatic heterocycles. The number of morpholine rings is 1. The second-order valence-electron chi connectivity index (χ2n) is 5.93. The molecule has 3 atom stereocenters. The van der Waals surface area contributed by atoms with Crippen molar-refractivity contribution in [2.75, 3.05) is 19.7 Å². The third-order valence-corrected chi connectivity index (χ3v) is 3.57. The minimum atomic E-state index is -1.03. The van der Waals surface area contributed by atoms with Crippen molar-refractivity contribution in [2.24, 2.45) is 0 Å². The van der Waals surface area contributed by atoms with Gasteiger partial charge in [0, 0.05) is 13.1 Å². The molecule has 20 heavy (non-hydrogen) atoms. The summed E-state index contributed by atoms with van der Waals surface area (Å²) in [6.07, 6.45) is -1.25. The van der Waals surface area contributed by atoms with E-state index in [0.717, 1.165) is 0 Å². The highest BCUT2D eigenvalue weighted by Gasteiger charge is 2.41. The van der Waals surface area contributed by atoms with Crippen LogP contribution in [0.4, 0.5) is 0 Å². The number of carboxylic acids is 1. The molecule has 0 aromatic heterocycles. The highest BCUT2D eigenvalue weighted by molar-refractivity contribution is 5.83. The lowest BCUT2D eigenvalue weighted by atomic mass is 10.0. The molecule has 0 spiro atoms. The van der Waals surface area contributed by atoms with E-state index < -0.39 is 29.9 Å². The van der Waals surface area contributed by atoms with Gasteiger partial charge in [0.15, 0.2) is 6.10 Å². The van der Waals surface area contributed by atoms with Gasteiger partial charge in [-0.2, -0.15) is 0 Å². The van der Waals surface area contributed by atoms with Gasteiger partial charge < -0.3 is 24.6 Å². The zero-order valence-electron chi connectivity index (χ0n) is 11.7. The Morgan fingerprint density at radius 1 is 1.30 bits per heavy atom. The van der Waals surface area contributed by atoms with E-state index in [4.69, 9.17) is 14.6 Å². The van der Waals surface area contributed by atoms with Gasteiger partial charge in [0.2, 0.25) is 0 Å². The average molecular weight is 287 g/mol. The first kappa shape index (κ1) is 15.2. The first-order valence-electron chi connectivity index (χ1n) is 6.78. The molecule has 2 fully saturated rings. The van der Waals surface area contributed by atoms with Crippen LogP contribution in [-0.4, -0.2) is 70.6 Å². The number of hydrogen-bond acceptors (Lipinski definition) is 5. The second-order valence-corrected chi connectivity index (χ2v) is 5.93. The molecule has 0 aliphatic carbocycles. The highest BCUT2D eigenvalue weighted by atomic mass is 16.5. The van der Waals surface area contributed by atoms with Crippen molar-refractivity contribution in [3.05, 3.63) is 0 Å². The van der Waals surface area contributed by atoms with E-state index in [-0.39, 0.29) is 12.5 Å². The lowest BCUT2D eigenvalue weighted by Gasteiger charge is -2.42. The first-order valence-corrected chi connectivity index (χ1v) is 6.78. The molecule has 2 heterocycles. The number of carboxylic acid groups (broad SMARTS) is 1. The van der Waals surface area contributed by atoms with Gasteiger partial charge in [0.05, 0.1) is 18.3 Å². The molecular weight excluding hydrogens is 266 g/mol. The number of amides is 1. The number of ether oxygens (including phenoxy) is 2. The predicted molar refractivity (Wildman–Crippen MR) is 68.1 cm³/mol. The number of aliphatic carboxylic acids is 1. The molecule has 0 aromatic rings. The highest BCUT2D eigenvalue weighted by Crippen LogP contribution is 2.26. The normalized spacial score (nSPS) is 33.1. The number of aliphatic hydroxyl groups excluding tert-OH is 1. The maximum Gasteiger partial charge on any atom is 0.332 e. The lowest BCUT2D eigenvalue weighted by molar-refractivity contribution is -0.175. The minimum Gasteiger partial charge on any atom is -0.479 e. The fourth-order valence-corrected chi connectivity index (χ4v) is 2.76. The summed E-state index contributed by atoms with van der Waals surface area (Å²) in [6, 6.07) is 0. The Morgan fingerprint density at radius 2 is 1.95 bits per heavy atom. The average Bonchev–Trinajstić information content (AvgIpc) is 2.85. The van der Waals surface area contributed by atoms with Crippen LogP contribution in [0, 0.1) is 0 Å². The van der Waals surface area contributed by atoms with Gasteiger partial charge in [-0.3, -0.25) is 4.79 Å². The molecule has 114 valence electrons. The number of carbonyl (C=O) groups is 2. The van der Waals surface area contributed by atoms with Crippen molar-refractivity contribution in [1.82, 2.24) is 4.90 Å². The van der Waals surface area contributed by atoms with Crippen LogP contribution in [0.15, 0.2) is 0 Å². The number of hydrogen-bond donors (Lipinski definition) is 2. The number of nitrogens with zero attached hydrogens (tertiary/aromatic N) is 1. The van der Waals surface area contributed by atoms with E-state index in [1.165, 1.54) is 0 Å². The van der Waals surface area contributed by atoms with E-state index in [9.17, 15) is 14.7 Å². The van der Waals surface area contributed by atoms with Gasteiger partial charge in [0.25, 0.3) is 5.91 Å². The van der Waals surface area contributed by atoms with Crippen LogP contribution in [0.5, 0.6) is 0 Å². The summed E-state index contributed by atoms with van der Waals surface area (Å²) in [4.78, 5) is 24.8. The molecule has 2 N–H and O–H groups in total. The van der Waals surface area contributed by atoms with E-state index >= 15 is 0 Å².